The molecule has 120 valence electrons. The summed E-state index contributed by atoms with van der Waals surface area (Å²) >= 11 is 0. The third-order valence-electron chi connectivity index (χ3n) is 3.34. The average Bonchev–Trinajstić information content (AvgIpc) is 2.48. The molecule has 0 saturated heterocycles. The minimum absolute atomic E-state index is 0.0871. The molecule has 1 aromatic carbocycles. The topological polar surface area (TPSA) is 55.0 Å². The average molecular weight is 310 g/mol. The molecule has 0 aliphatic carbocycles. The highest BCUT2D eigenvalue weighted by Gasteiger charge is 2.12. The highest BCUT2D eigenvalue weighted by molar-refractivity contribution is 5.62. The molecular formula is C19H22N2O2. The van der Waals surface area contributed by atoms with Crippen molar-refractivity contribution in [2.75, 3.05) is 0 Å². The summed E-state index contributed by atoms with van der Waals surface area (Å²) in [6, 6.07) is 13.1. The van der Waals surface area contributed by atoms with Crippen LogP contribution in [-0.4, -0.2) is 10.7 Å². The maximum atomic E-state index is 12.5. The number of ether oxygens (including phenoxy) is 1. The summed E-state index contributed by atoms with van der Waals surface area (Å²) in [5.74, 6) is 1.07. The van der Waals surface area contributed by atoms with E-state index in [2.05, 4.69) is 0 Å². The van der Waals surface area contributed by atoms with E-state index in [1.54, 1.807) is 10.6 Å². The molecule has 0 N–H and O–H groups in total. The van der Waals surface area contributed by atoms with E-state index < -0.39 is 0 Å². The molecule has 1 heterocycles. The Hall–Kier alpha value is -2.54. The first-order chi connectivity index (χ1) is 10.9. The monoisotopic (exact) mass is 310 g/mol. The van der Waals surface area contributed by atoms with Gasteiger partial charge in [0.2, 0.25) is 0 Å². The standard InChI is InChI=1S/C19H22N2O2/c1-13(2)12-21-18(9-8-16(11-20)19(21)22)15-6-5-7-17(10-15)23-14(3)4/h5-10,13-14H,12H2,1-4H3. The van der Waals surface area contributed by atoms with Crippen molar-refractivity contribution in [1.29, 1.82) is 5.26 Å². The molecular weight excluding hydrogens is 288 g/mol. The summed E-state index contributed by atoms with van der Waals surface area (Å²) in [5.41, 5.74) is 1.64. The van der Waals surface area contributed by atoms with Crippen molar-refractivity contribution < 1.29 is 4.74 Å². The second-order valence-corrected chi connectivity index (χ2v) is 6.25. The van der Waals surface area contributed by atoms with Crippen LogP contribution >= 0.6 is 0 Å². The van der Waals surface area contributed by atoms with Crippen molar-refractivity contribution in [1.82, 2.24) is 4.57 Å². The van der Waals surface area contributed by atoms with Crippen LogP contribution in [0.5, 0.6) is 5.75 Å². The van der Waals surface area contributed by atoms with Gasteiger partial charge in [0.05, 0.1) is 11.8 Å². The number of pyridine rings is 1. The molecule has 2 rings (SSSR count). The predicted molar refractivity (Wildman–Crippen MR) is 91.5 cm³/mol. The maximum absolute atomic E-state index is 12.5. The fraction of sp³-hybridized carbons (Fsp3) is 0.368. The van der Waals surface area contributed by atoms with Crippen LogP contribution in [0.4, 0.5) is 0 Å². The molecule has 23 heavy (non-hydrogen) atoms. The first-order valence-electron chi connectivity index (χ1n) is 7.83. The fourth-order valence-electron chi connectivity index (χ4n) is 2.46. The lowest BCUT2D eigenvalue weighted by atomic mass is 10.1. The van der Waals surface area contributed by atoms with Crippen LogP contribution < -0.4 is 10.3 Å². The minimum atomic E-state index is -0.242. The van der Waals surface area contributed by atoms with E-state index in [0.717, 1.165) is 17.0 Å². The molecule has 0 amide bonds. The van der Waals surface area contributed by atoms with E-state index in [1.807, 2.05) is 64.1 Å². The van der Waals surface area contributed by atoms with Crippen LogP contribution in [0.3, 0.4) is 0 Å². The molecule has 0 radical (unpaired) electrons. The highest BCUT2D eigenvalue weighted by Crippen LogP contribution is 2.24. The van der Waals surface area contributed by atoms with Gasteiger partial charge in [-0.15, -0.1) is 0 Å². The number of nitriles is 1. The quantitative estimate of drug-likeness (QED) is 0.843. The lowest BCUT2D eigenvalue weighted by Gasteiger charge is -2.16. The Balaban J connectivity index is 2.57. The number of benzene rings is 1. The zero-order valence-electron chi connectivity index (χ0n) is 14.0. The molecule has 0 atom stereocenters. The van der Waals surface area contributed by atoms with Crippen LogP contribution in [0.25, 0.3) is 11.3 Å². The van der Waals surface area contributed by atoms with Gasteiger partial charge >= 0.3 is 0 Å². The Morgan fingerprint density at radius 3 is 2.52 bits per heavy atom. The normalized spacial score (nSPS) is 10.8. The molecule has 0 saturated carbocycles. The van der Waals surface area contributed by atoms with E-state index >= 15 is 0 Å². The lowest BCUT2D eigenvalue weighted by molar-refractivity contribution is 0.242. The van der Waals surface area contributed by atoms with E-state index in [-0.39, 0.29) is 17.2 Å². The molecule has 2 aromatic rings. The Morgan fingerprint density at radius 1 is 1.17 bits per heavy atom. The third-order valence-corrected chi connectivity index (χ3v) is 3.34. The van der Waals surface area contributed by atoms with Gasteiger partial charge in [-0.25, -0.2) is 0 Å². The van der Waals surface area contributed by atoms with Crippen LogP contribution in [0.1, 0.15) is 33.3 Å². The third kappa shape index (κ3) is 4.01. The van der Waals surface area contributed by atoms with Gasteiger partial charge in [-0.3, -0.25) is 4.79 Å². The summed E-state index contributed by atoms with van der Waals surface area (Å²) in [7, 11) is 0. The SMILES string of the molecule is CC(C)Cn1c(-c2cccc(OC(C)C)c2)ccc(C#N)c1=O. The molecule has 0 aliphatic heterocycles. The summed E-state index contributed by atoms with van der Waals surface area (Å²) in [6.07, 6.45) is 0.0871. The van der Waals surface area contributed by atoms with Gasteiger partial charge in [0.25, 0.3) is 5.56 Å². The van der Waals surface area contributed by atoms with E-state index in [1.165, 1.54) is 0 Å². The molecule has 0 bridgehead atoms. The van der Waals surface area contributed by atoms with Gasteiger partial charge in [0.15, 0.2) is 0 Å². The van der Waals surface area contributed by atoms with Crippen LogP contribution in [0, 0.1) is 17.2 Å². The van der Waals surface area contributed by atoms with Crippen molar-refractivity contribution >= 4 is 0 Å². The zero-order valence-corrected chi connectivity index (χ0v) is 14.0. The van der Waals surface area contributed by atoms with E-state index in [0.29, 0.717) is 12.5 Å². The van der Waals surface area contributed by atoms with Crippen molar-refractivity contribution in [3.8, 4) is 23.1 Å². The van der Waals surface area contributed by atoms with Crippen molar-refractivity contribution in [2.24, 2.45) is 5.92 Å². The Bertz CT molecular complexity index is 783. The maximum Gasteiger partial charge on any atom is 0.268 e. The first-order valence-corrected chi connectivity index (χ1v) is 7.83. The van der Waals surface area contributed by atoms with Crippen LogP contribution in [0.2, 0.25) is 0 Å². The number of rotatable bonds is 5. The smallest absolute Gasteiger partial charge is 0.268 e. The van der Waals surface area contributed by atoms with Gasteiger partial charge in [-0.05, 0) is 44.0 Å². The Morgan fingerprint density at radius 2 is 1.91 bits per heavy atom. The fourth-order valence-corrected chi connectivity index (χ4v) is 2.46. The molecule has 4 heteroatoms. The molecule has 0 aliphatic rings. The molecule has 4 nitrogen and oxygen atoms in total. The Labute approximate surface area is 137 Å². The van der Waals surface area contributed by atoms with Gasteiger partial charge in [0, 0.05) is 12.1 Å². The minimum Gasteiger partial charge on any atom is -0.491 e. The number of hydrogen-bond donors (Lipinski definition) is 0. The molecule has 1 aromatic heterocycles. The Kier molecular flexibility index (Phi) is 5.23. The van der Waals surface area contributed by atoms with E-state index in [9.17, 15) is 4.79 Å². The lowest BCUT2D eigenvalue weighted by Crippen LogP contribution is -2.26. The largest absolute Gasteiger partial charge is 0.491 e. The van der Waals surface area contributed by atoms with Crippen molar-refractivity contribution in [2.45, 2.75) is 40.3 Å². The summed E-state index contributed by atoms with van der Waals surface area (Å²) < 4.78 is 7.41. The highest BCUT2D eigenvalue weighted by atomic mass is 16.5. The van der Waals surface area contributed by atoms with Gasteiger partial charge in [0.1, 0.15) is 17.4 Å². The molecule has 0 unspecified atom stereocenters. The molecule has 0 spiro atoms. The second kappa shape index (κ2) is 7.15. The molecule has 0 fully saturated rings. The second-order valence-electron chi connectivity index (χ2n) is 6.25. The number of aromatic nitrogens is 1. The van der Waals surface area contributed by atoms with Crippen LogP contribution in [-0.2, 0) is 6.54 Å². The van der Waals surface area contributed by atoms with Crippen molar-refractivity contribution in [3.05, 3.63) is 52.3 Å². The van der Waals surface area contributed by atoms with Gasteiger partial charge < -0.3 is 9.30 Å². The summed E-state index contributed by atoms with van der Waals surface area (Å²) in [4.78, 5) is 12.5. The van der Waals surface area contributed by atoms with Gasteiger partial charge in [-0.2, -0.15) is 5.26 Å². The zero-order chi connectivity index (χ0) is 17.0. The number of nitrogens with zero attached hydrogens (tertiary/aromatic N) is 2. The summed E-state index contributed by atoms with van der Waals surface area (Å²) in [5, 5.41) is 9.10. The first kappa shape index (κ1) is 16.8. The number of hydrogen-bond acceptors (Lipinski definition) is 3. The van der Waals surface area contributed by atoms with Crippen molar-refractivity contribution in [3.63, 3.8) is 0 Å². The van der Waals surface area contributed by atoms with Crippen LogP contribution in [0.15, 0.2) is 41.2 Å². The predicted octanol–water partition coefficient (Wildman–Crippen LogP) is 3.83. The van der Waals surface area contributed by atoms with Gasteiger partial charge in [-0.1, -0.05) is 26.0 Å². The summed E-state index contributed by atoms with van der Waals surface area (Å²) in [6.45, 7) is 8.62. The van der Waals surface area contributed by atoms with E-state index in [4.69, 9.17) is 10.00 Å².